The highest BCUT2D eigenvalue weighted by atomic mass is 16.6. The molecule has 2 bridgehead atoms. The first-order valence-corrected chi connectivity index (χ1v) is 10.3. The Morgan fingerprint density at radius 3 is 2.56 bits per heavy atom. The lowest BCUT2D eigenvalue weighted by Crippen LogP contribution is -2.93. The molecule has 2 spiro atoms. The first kappa shape index (κ1) is 16.9. The van der Waals surface area contributed by atoms with E-state index in [0.29, 0.717) is 5.92 Å². The van der Waals surface area contributed by atoms with Crippen LogP contribution in [-0.4, -0.2) is 40.3 Å². The van der Waals surface area contributed by atoms with Gasteiger partial charge in [0.2, 0.25) is 5.79 Å². The highest BCUT2D eigenvalue weighted by molar-refractivity contribution is 6.03. The number of Topliss-reactive ketones (excluding diaryl/α,β-unsaturated/α-hetero) is 1. The van der Waals surface area contributed by atoms with Crippen LogP contribution in [0.2, 0.25) is 0 Å². The van der Waals surface area contributed by atoms with Gasteiger partial charge in [0.1, 0.15) is 11.9 Å². The second-order valence-electron chi connectivity index (χ2n) is 11.3. The molecule has 7 rings (SSSR count). The maximum atomic E-state index is 13.6. The Hall–Kier alpha value is -1.04. The predicted octanol–water partition coefficient (Wildman–Crippen LogP) is 1.71. The molecular weight excluding hydrogens is 344 g/mol. The molecule has 0 radical (unpaired) electrons. The van der Waals surface area contributed by atoms with Crippen molar-refractivity contribution in [2.45, 2.75) is 52.4 Å². The third-order valence-electron chi connectivity index (χ3n) is 10.0. The molecule has 5 nitrogen and oxygen atoms in total. The van der Waals surface area contributed by atoms with Gasteiger partial charge in [-0.1, -0.05) is 33.8 Å². The summed E-state index contributed by atoms with van der Waals surface area (Å²) >= 11 is 0. The number of aliphatic hydroxyl groups is 2. The number of fused-ring (bicyclic) bond motifs is 1. The van der Waals surface area contributed by atoms with Crippen LogP contribution >= 0.6 is 0 Å². The molecule has 1 unspecified atom stereocenters. The van der Waals surface area contributed by atoms with Gasteiger partial charge >= 0.3 is 0 Å². The summed E-state index contributed by atoms with van der Waals surface area (Å²) in [7, 11) is 0. The summed E-state index contributed by atoms with van der Waals surface area (Å²) in [6, 6.07) is 0. The molecule has 0 aromatic carbocycles. The zero-order valence-corrected chi connectivity index (χ0v) is 16.4. The molecule has 0 aromatic heterocycles. The van der Waals surface area contributed by atoms with Crippen LogP contribution in [0.5, 0.6) is 0 Å². The Balaban J connectivity index is 1.62. The van der Waals surface area contributed by atoms with E-state index in [-0.39, 0.29) is 41.3 Å². The van der Waals surface area contributed by atoms with E-state index in [4.69, 9.17) is 4.74 Å². The first-order chi connectivity index (χ1) is 12.5. The van der Waals surface area contributed by atoms with Gasteiger partial charge in [0.05, 0.1) is 17.4 Å². The van der Waals surface area contributed by atoms with Crippen molar-refractivity contribution in [1.82, 2.24) is 0 Å². The van der Waals surface area contributed by atoms with Crippen LogP contribution in [0, 0.1) is 51.2 Å². The van der Waals surface area contributed by atoms with Crippen LogP contribution in [0.1, 0.15) is 40.5 Å². The Kier molecular flexibility index (Phi) is 2.58. The zero-order chi connectivity index (χ0) is 19.4. The number of carbonyl (C=O) groups is 2. The average molecular weight is 372 g/mol. The van der Waals surface area contributed by atoms with E-state index in [1.54, 1.807) is 6.08 Å². The average Bonchev–Trinajstić information content (AvgIpc) is 2.58. The highest BCUT2D eigenvalue weighted by Crippen LogP contribution is 2.85. The molecular formula is C22H28O5. The van der Waals surface area contributed by atoms with Crippen molar-refractivity contribution in [2.24, 2.45) is 51.2 Å². The molecule has 2 N–H and O–H groups in total. The number of carbonyl (C=O) groups excluding carboxylic acids is 2. The summed E-state index contributed by atoms with van der Waals surface area (Å²) in [6.07, 6.45) is 3.97. The number of aliphatic hydroxyl groups excluding tert-OH is 1. The largest absolute Gasteiger partial charge is 0.387 e. The SMILES string of the molecule is CC1(C)C=CC(=O)[C@]23CO[C@](O)([C@@H](O)[C@H]12)[C@@]12C(=O)C4[C@@H]1[C@@H](CC[C@@H]32)C4(C)C. The normalized spacial score (nSPS) is 60.7. The standard InChI is InChI=1S/C22H28O5/c1-18(2)8-7-12(23)20-9-27-22(26,17(25)15(18)20)21-11(20)6-5-10-13(21)14(16(21)24)19(10,3)4/h7-8,10-11,13-15,17,25-26H,5-6,9H2,1-4H3/t10-,11+,13+,14?,15-,17+,20-,21-,22-/m1/s1. The number of rotatable bonds is 0. The fraction of sp³-hybridized carbons (Fsp3) is 0.818. The summed E-state index contributed by atoms with van der Waals surface area (Å²) < 4.78 is 5.93. The lowest BCUT2D eigenvalue weighted by molar-refractivity contribution is -0.467. The van der Waals surface area contributed by atoms with Crippen molar-refractivity contribution >= 4 is 11.6 Å². The van der Waals surface area contributed by atoms with E-state index in [9.17, 15) is 19.8 Å². The fourth-order valence-corrected chi connectivity index (χ4v) is 9.14. The summed E-state index contributed by atoms with van der Waals surface area (Å²) in [5, 5.41) is 23.2. The molecule has 6 fully saturated rings. The van der Waals surface area contributed by atoms with Crippen molar-refractivity contribution in [1.29, 1.82) is 0 Å². The highest BCUT2D eigenvalue weighted by Gasteiger charge is 2.93. The van der Waals surface area contributed by atoms with E-state index < -0.39 is 34.1 Å². The fourth-order valence-electron chi connectivity index (χ4n) is 9.14. The van der Waals surface area contributed by atoms with Crippen molar-refractivity contribution in [3.8, 4) is 0 Å². The zero-order valence-electron chi connectivity index (χ0n) is 16.4. The van der Waals surface area contributed by atoms with Crippen LogP contribution in [0.15, 0.2) is 12.2 Å². The van der Waals surface area contributed by atoms with Gasteiger partial charge < -0.3 is 14.9 Å². The second kappa shape index (κ2) is 4.12. The van der Waals surface area contributed by atoms with Gasteiger partial charge in [-0.3, -0.25) is 9.59 Å². The summed E-state index contributed by atoms with van der Waals surface area (Å²) in [5.41, 5.74) is -2.54. The Morgan fingerprint density at radius 2 is 1.85 bits per heavy atom. The Morgan fingerprint density at radius 1 is 1.15 bits per heavy atom. The third-order valence-corrected chi connectivity index (χ3v) is 10.0. The smallest absolute Gasteiger partial charge is 0.205 e. The maximum absolute atomic E-state index is 13.6. The van der Waals surface area contributed by atoms with Crippen molar-refractivity contribution < 1.29 is 24.5 Å². The molecule has 0 amide bonds. The quantitative estimate of drug-likeness (QED) is 0.676. The predicted molar refractivity (Wildman–Crippen MR) is 95.2 cm³/mol. The third kappa shape index (κ3) is 1.27. The Labute approximate surface area is 159 Å². The van der Waals surface area contributed by atoms with E-state index in [1.807, 2.05) is 19.9 Å². The number of ketones is 2. The topological polar surface area (TPSA) is 83.8 Å². The van der Waals surface area contributed by atoms with Gasteiger partial charge in [0, 0.05) is 11.8 Å². The minimum atomic E-state index is -1.87. The molecule has 2 heterocycles. The molecule has 2 saturated heterocycles. The minimum absolute atomic E-state index is 0.0256. The van der Waals surface area contributed by atoms with Crippen molar-refractivity contribution in [3.63, 3.8) is 0 Å². The van der Waals surface area contributed by atoms with Gasteiger partial charge in [-0.15, -0.1) is 0 Å². The second-order valence-corrected chi connectivity index (χ2v) is 11.3. The molecule has 2 aliphatic heterocycles. The van der Waals surface area contributed by atoms with Gasteiger partial charge in [-0.2, -0.15) is 0 Å². The Bertz CT molecular complexity index is 842. The van der Waals surface area contributed by atoms with Gasteiger partial charge in [-0.05, 0) is 47.5 Å². The summed E-state index contributed by atoms with van der Waals surface area (Å²) in [6.45, 7) is 8.40. The molecule has 9 atom stereocenters. The number of hydrogen-bond acceptors (Lipinski definition) is 5. The van der Waals surface area contributed by atoms with E-state index in [0.717, 1.165) is 12.8 Å². The van der Waals surface area contributed by atoms with Crippen molar-refractivity contribution in [2.75, 3.05) is 6.61 Å². The van der Waals surface area contributed by atoms with Gasteiger partial charge in [0.15, 0.2) is 5.78 Å². The molecule has 5 heteroatoms. The molecule has 7 aliphatic rings. The molecule has 146 valence electrons. The van der Waals surface area contributed by atoms with E-state index in [1.165, 1.54) is 0 Å². The molecule has 4 saturated carbocycles. The van der Waals surface area contributed by atoms with Gasteiger partial charge in [0.25, 0.3) is 0 Å². The van der Waals surface area contributed by atoms with Crippen LogP contribution in [0.4, 0.5) is 0 Å². The van der Waals surface area contributed by atoms with E-state index in [2.05, 4.69) is 13.8 Å². The monoisotopic (exact) mass is 372 g/mol. The minimum Gasteiger partial charge on any atom is -0.387 e. The van der Waals surface area contributed by atoms with E-state index >= 15 is 0 Å². The number of hydrogen-bond donors (Lipinski definition) is 2. The molecule has 0 aromatic rings. The summed E-state index contributed by atoms with van der Waals surface area (Å²) in [4.78, 5) is 26.9. The molecule has 27 heavy (non-hydrogen) atoms. The lowest BCUT2D eigenvalue weighted by Gasteiger charge is -2.84. The number of ether oxygens (including phenoxy) is 1. The maximum Gasteiger partial charge on any atom is 0.205 e. The first-order valence-electron chi connectivity index (χ1n) is 10.3. The van der Waals surface area contributed by atoms with Crippen LogP contribution in [0.25, 0.3) is 0 Å². The van der Waals surface area contributed by atoms with Crippen LogP contribution < -0.4 is 0 Å². The van der Waals surface area contributed by atoms with Gasteiger partial charge in [-0.25, -0.2) is 0 Å². The molecule has 5 aliphatic carbocycles. The van der Waals surface area contributed by atoms with Crippen molar-refractivity contribution in [3.05, 3.63) is 12.2 Å². The lowest BCUT2D eigenvalue weighted by atomic mass is 9.20. The van der Waals surface area contributed by atoms with Crippen LogP contribution in [0.3, 0.4) is 0 Å². The summed E-state index contributed by atoms with van der Waals surface area (Å²) in [5.74, 6) is -2.28. The number of allylic oxidation sites excluding steroid dienone is 2. The van der Waals surface area contributed by atoms with Crippen LogP contribution in [-0.2, 0) is 14.3 Å².